The van der Waals surface area contributed by atoms with Crippen LogP contribution < -0.4 is 4.90 Å². The van der Waals surface area contributed by atoms with Crippen LogP contribution in [0.3, 0.4) is 0 Å². The maximum atomic E-state index is 10.9. The molecule has 1 saturated heterocycles. The van der Waals surface area contributed by atoms with Crippen LogP contribution in [0.5, 0.6) is 0 Å². The van der Waals surface area contributed by atoms with Gasteiger partial charge in [-0.15, -0.1) is 0 Å². The van der Waals surface area contributed by atoms with Crippen molar-refractivity contribution in [3.05, 3.63) is 47.8 Å². The van der Waals surface area contributed by atoms with E-state index in [9.17, 15) is 4.79 Å². The van der Waals surface area contributed by atoms with Crippen LogP contribution in [0.4, 0.5) is 5.69 Å². The van der Waals surface area contributed by atoms with Crippen molar-refractivity contribution in [1.29, 1.82) is 0 Å². The number of carbonyl (C=O) groups is 1. The van der Waals surface area contributed by atoms with E-state index in [0.717, 1.165) is 23.4 Å². The summed E-state index contributed by atoms with van der Waals surface area (Å²) in [5, 5.41) is 13.1. The average Bonchev–Trinajstić information content (AvgIpc) is 3.24. The molecule has 0 amide bonds. The molecule has 1 fully saturated rings. The molecule has 0 spiro atoms. The highest BCUT2D eigenvalue weighted by atomic mass is 16.5. The first-order valence-corrected chi connectivity index (χ1v) is 11.0. The highest BCUT2D eigenvalue weighted by Crippen LogP contribution is 2.31. The lowest BCUT2D eigenvalue weighted by molar-refractivity contribution is -0.138. The number of nitrogens with zero attached hydrogens (tertiary/aromatic N) is 5. The fraction of sp³-hybridized carbons (Fsp3) is 0.417. The second-order valence-corrected chi connectivity index (χ2v) is 8.56. The molecule has 8 nitrogen and oxygen atoms in total. The standard InChI is InChI=1S/C24H29N5O3/c1-16-12-19(7-8-21(16)29-11-5-4-6-17(29)2)24-26-23(27-32-24)18-9-10-25-20(13-18)14-28(3)15-22(30)31/h7-10,12-13,17H,4-6,11,14-15H2,1-3H3,(H,30,31). The topological polar surface area (TPSA) is 95.6 Å². The predicted octanol–water partition coefficient (Wildman–Crippen LogP) is 4.00. The van der Waals surface area contributed by atoms with Gasteiger partial charge in [0.05, 0.1) is 12.2 Å². The lowest BCUT2D eigenvalue weighted by Gasteiger charge is -2.36. The van der Waals surface area contributed by atoms with Gasteiger partial charge in [0.25, 0.3) is 5.89 Å². The number of rotatable bonds is 7. The van der Waals surface area contributed by atoms with E-state index in [4.69, 9.17) is 9.63 Å². The number of anilines is 1. The summed E-state index contributed by atoms with van der Waals surface area (Å²) in [5.74, 6) is 0.0844. The quantitative estimate of drug-likeness (QED) is 0.595. The van der Waals surface area contributed by atoms with E-state index in [-0.39, 0.29) is 6.54 Å². The molecule has 1 N–H and O–H groups in total. The van der Waals surface area contributed by atoms with Gasteiger partial charge in [0, 0.05) is 42.1 Å². The minimum Gasteiger partial charge on any atom is -0.480 e. The number of aliphatic carboxylic acids is 1. The number of likely N-dealkylation sites (N-methyl/N-ethyl adjacent to an activating group) is 1. The molecule has 2 aromatic heterocycles. The highest BCUT2D eigenvalue weighted by Gasteiger charge is 2.21. The summed E-state index contributed by atoms with van der Waals surface area (Å²) >= 11 is 0. The van der Waals surface area contributed by atoms with E-state index in [1.807, 2.05) is 18.2 Å². The molecule has 1 aliphatic rings. The van der Waals surface area contributed by atoms with Crippen LogP contribution in [0.25, 0.3) is 22.8 Å². The molecule has 1 unspecified atom stereocenters. The molecule has 8 heteroatoms. The van der Waals surface area contributed by atoms with Crippen molar-refractivity contribution in [3.8, 4) is 22.8 Å². The van der Waals surface area contributed by atoms with E-state index < -0.39 is 5.97 Å². The van der Waals surface area contributed by atoms with Gasteiger partial charge in [-0.25, -0.2) is 0 Å². The fourth-order valence-electron chi connectivity index (χ4n) is 4.29. The van der Waals surface area contributed by atoms with Crippen LogP contribution in [0, 0.1) is 6.92 Å². The Labute approximate surface area is 187 Å². The molecular weight excluding hydrogens is 406 g/mol. The summed E-state index contributed by atoms with van der Waals surface area (Å²) in [6.07, 6.45) is 5.44. The molecular formula is C24H29N5O3. The third-order valence-corrected chi connectivity index (χ3v) is 5.89. The Morgan fingerprint density at radius 1 is 1.25 bits per heavy atom. The normalized spacial score (nSPS) is 16.5. The number of aryl methyl sites for hydroxylation is 1. The van der Waals surface area contributed by atoms with Gasteiger partial charge >= 0.3 is 5.97 Å². The van der Waals surface area contributed by atoms with Crippen molar-refractivity contribution < 1.29 is 14.4 Å². The molecule has 168 valence electrons. The molecule has 0 saturated carbocycles. The van der Waals surface area contributed by atoms with Crippen molar-refractivity contribution in [2.24, 2.45) is 0 Å². The minimum absolute atomic E-state index is 0.0518. The summed E-state index contributed by atoms with van der Waals surface area (Å²) in [4.78, 5) is 24.0. The van der Waals surface area contributed by atoms with E-state index in [2.05, 4.69) is 46.0 Å². The smallest absolute Gasteiger partial charge is 0.317 e. The molecule has 0 aliphatic carbocycles. The van der Waals surface area contributed by atoms with Crippen LogP contribution in [-0.4, -0.2) is 57.3 Å². The molecule has 0 radical (unpaired) electrons. The van der Waals surface area contributed by atoms with Gasteiger partial charge < -0.3 is 14.5 Å². The van der Waals surface area contributed by atoms with Gasteiger partial charge in [0.2, 0.25) is 5.82 Å². The Kier molecular flexibility index (Phi) is 6.50. The van der Waals surface area contributed by atoms with Gasteiger partial charge in [0.15, 0.2) is 0 Å². The third kappa shape index (κ3) is 4.96. The molecule has 1 aromatic carbocycles. The lowest BCUT2D eigenvalue weighted by atomic mass is 10.0. The Balaban J connectivity index is 1.52. The summed E-state index contributed by atoms with van der Waals surface area (Å²) in [6.45, 7) is 5.88. The number of piperidine rings is 1. The molecule has 3 aromatic rings. The van der Waals surface area contributed by atoms with E-state index in [1.165, 1.54) is 30.5 Å². The van der Waals surface area contributed by atoms with Crippen LogP contribution in [0.15, 0.2) is 41.1 Å². The molecule has 3 heterocycles. The first-order valence-electron chi connectivity index (χ1n) is 11.0. The fourth-order valence-corrected chi connectivity index (χ4v) is 4.29. The third-order valence-electron chi connectivity index (χ3n) is 5.89. The molecule has 0 bridgehead atoms. The minimum atomic E-state index is -0.873. The summed E-state index contributed by atoms with van der Waals surface area (Å²) in [7, 11) is 1.74. The molecule has 1 atom stereocenters. The zero-order valence-electron chi connectivity index (χ0n) is 18.8. The van der Waals surface area contributed by atoms with Gasteiger partial charge in [-0.1, -0.05) is 5.16 Å². The number of carboxylic acid groups (broad SMARTS) is 1. The molecule has 32 heavy (non-hydrogen) atoms. The van der Waals surface area contributed by atoms with Crippen molar-refractivity contribution in [2.45, 2.75) is 45.7 Å². The van der Waals surface area contributed by atoms with Crippen LogP contribution in [-0.2, 0) is 11.3 Å². The van der Waals surface area contributed by atoms with Crippen LogP contribution in [0.2, 0.25) is 0 Å². The van der Waals surface area contributed by atoms with Gasteiger partial charge in [-0.3, -0.25) is 14.7 Å². The zero-order chi connectivity index (χ0) is 22.7. The van der Waals surface area contributed by atoms with Crippen molar-refractivity contribution in [1.82, 2.24) is 20.0 Å². The van der Waals surface area contributed by atoms with Gasteiger partial charge in [-0.2, -0.15) is 4.98 Å². The second kappa shape index (κ2) is 9.48. The van der Waals surface area contributed by atoms with Crippen molar-refractivity contribution in [3.63, 3.8) is 0 Å². The van der Waals surface area contributed by atoms with E-state index in [0.29, 0.717) is 24.3 Å². The Morgan fingerprint density at radius 2 is 2.09 bits per heavy atom. The summed E-state index contributed by atoms with van der Waals surface area (Å²) < 4.78 is 5.56. The highest BCUT2D eigenvalue weighted by molar-refractivity contribution is 5.69. The van der Waals surface area contributed by atoms with E-state index in [1.54, 1.807) is 18.1 Å². The number of pyridine rings is 1. The number of aromatic nitrogens is 3. The Bertz CT molecular complexity index is 1100. The maximum absolute atomic E-state index is 10.9. The average molecular weight is 436 g/mol. The van der Waals surface area contributed by atoms with Gasteiger partial charge in [0.1, 0.15) is 0 Å². The number of hydrogen-bond acceptors (Lipinski definition) is 7. The van der Waals surface area contributed by atoms with Crippen LogP contribution >= 0.6 is 0 Å². The first kappa shape index (κ1) is 22.0. The Morgan fingerprint density at radius 3 is 2.84 bits per heavy atom. The summed E-state index contributed by atoms with van der Waals surface area (Å²) in [5.41, 5.74) is 4.89. The Hall–Kier alpha value is -3.26. The lowest BCUT2D eigenvalue weighted by Crippen LogP contribution is -2.37. The molecule has 4 rings (SSSR count). The second-order valence-electron chi connectivity index (χ2n) is 8.56. The SMILES string of the molecule is Cc1cc(-c2nc(-c3ccnc(CN(C)CC(=O)O)c3)no2)ccc1N1CCCCC1C. The van der Waals surface area contributed by atoms with Crippen molar-refractivity contribution >= 4 is 11.7 Å². The van der Waals surface area contributed by atoms with Crippen molar-refractivity contribution in [2.75, 3.05) is 25.0 Å². The number of carboxylic acids is 1. The number of benzene rings is 1. The molecule has 1 aliphatic heterocycles. The number of hydrogen-bond donors (Lipinski definition) is 1. The first-order chi connectivity index (χ1) is 15.4. The maximum Gasteiger partial charge on any atom is 0.317 e. The summed E-state index contributed by atoms with van der Waals surface area (Å²) in [6, 6.07) is 10.5. The largest absolute Gasteiger partial charge is 0.480 e. The zero-order valence-corrected chi connectivity index (χ0v) is 18.8. The van der Waals surface area contributed by atoms with Crippen LogP contribution in [0.1, 0.15) is 37.4 Å². The van der Waals surface area contributed by atoms with Gasteiger partial charge in [-0.05, 0) is 76.1 Å². The monoisotopic (exact) mass is 435 g/mol. The van der Waals surface area contributed by atoms with E-state index >= 15 is 0 Å². The predicted molar refractivity (Wildman–Crippen MR) is 122 cm³/mol.